The number of para-hydroxylation sites is 1. The van der Waals surface area contributed by atoms with Gasteiger partial charge in [0, 0.05) is 31.7 Å². The van der Waals surface area contributed by atoms with E-state index < -0.39 is 0 Å². The van der Waals surface area contributed by atoms with Crippen LogP contribution in [0.5, 0.6) is 0 Å². The number of rotatable bonds is 6. The minimum Gasteiger partial charge on any atom is -0.371 e. The molecule has 4 rings (SSSR count). The fourth-order valence-electron chi connectivity index (χ4n) is 3.69. The van der Waals surface area contributed by atoms with E-state index in [4.69, 9.17) is 0 Å². The van der Waals surface area contributed by atoms with Gasteiger partial charge in [0.2, 0.25) is 0 Å². The zero-order valence-corrected chi connectivity index (χ0v) is 17.0. The molecule has 5 heteroatoms. The molecule has 0 radical (unpaired) electrons. The first-order valence-electron chi connectivity index (χ1n) is 9.82. The molecule has 0 bridgehead atoms. The zero-order valence-electron chi connectivity index (χ0n) is 16.1. The number of nitrogens with zero attached hydrogens (tertiary/aromatic N) is 2. The first-order chi connectivity index (χ1) is 13.7. The standard InChI is InChI=1S/C23H25N3OS/c1-17-22(28-21(25-17)15-18-9-3-2-4-10-18)23(27)24-16-19-11-5-6-12-20(19)26-13-7-8-14-26/h2-6,9-12H,7-8,13-16H2,1H3,(H,24,27). The third-order valence-corrected chi connectivity index (χ3v) is 6.28. The Morgan fingerprint density at radius 3 is 2.57 bits per heavy atom. The number of thiazole rings is 1. The number of nitrogens with one attached hydrogen (secondary N) is 1. The van der Waals surface area contributed by atoms with Gasteiger partial charge in [-0.15, -0.1) is 11.3 Å². The molecule has 0 atom stereocenters. The van der Waals surface area contributed by atoms with Crippen molar-refractivity contribution in [1.29, 1.82) is 0 Å². The van der Waals surface area contributed by atoms with E-state index in [-0.39, 0.29) is 5.91 Å². The molecule has 1 saturated heterocycles. The molecule has 2 heterocycles. The predicted octanol–water partition coefficient (Wildman–Crippen LogP) is 4.57. The second-order valence-corrected chi connectivity index (χ2v) is 8.27. The minimum absolute atomic E-state index is 0.0365. The Morgan fingerprint density at radius 1 is 1.07 bits per heavy atom. The Bertz CT molecular complexity index is 945. The molecule has 1 N–H and O–H groups in total. The summed E-state index contributed by atoms with van der Waals surface area (Å²) in [5.74, 6) is -0.0365. The molecule has 28 heavy (non-hydrogen) atoms. The summed E-state index contributed by atoms with van der Waals surface area (Å²) in [6.07, 6.45) is 3.24. The van der Waals surface area contributed by atoms with Gasteiger partial charge in [0.25, 0.3) is 5.91 Å². The average molecular weight is 392 g/mol. The number of benzene rings is 2. The number of aryl methyl sites for hydroxylation is 1. The molecule has 4 nitrogen and oxygen atoms in total. The SMILES string of the molecule is Cc1nc(Cc2ccccc2)sc1C(=O)NCc1ccccc1N1CCCC1. The van der Waals surface area contributed by atoms with Crippen molar-refractivity contribution >= 4 is 22.9 Å². The van der Waals surface area contributed by atoms with Crippen molar-refractivity contribution in [1.82, 2.24) is 10.3 Å². The summed E-state index contributed by atoms with van der Waals surface area (Å²) in [5.41, 5.74) is 4.43. The highest BCUT2D eigenvalue weighted by molar-refractivity contribution is 7.13. The van der Waals surface area contributed by atoms with Crippen LogP contribution in [-0.2, 0) is 13.0 Å². The van der Waals surface area contributed by atoms with Crippen molar-refractivity contribution in [3.8, 4) is 0 Å². The molecule has 1 fully saturated rings. The van der Waals surface area contributed by atoms with Crippen LogP contribution in [0.4, 0.5) is 5.69 Å². The fraction of sp³-hybridized carbons (Fsp3) is 0.304. The Kier molecular flexibility index (Phi) is 5.72. The normalized spacial score (nSPS) is 13.7. The smallest absolute Gasteiger partial charge is 0.263 e. The summed E-state index contributed by atoms with van der Waals surface area (Å²) in [6.45, 7) is 4.65. The fourth-order valence-corrected chi connectivity index (χ4v) is 4.71. The maximum atomic E-state index is 12.8. The second-order valence-electron chi connectivity index (χ2n) is 7.19. The van der Waals surface area contributed by atoms with Crippen molar-refractivity contribution in [3.05, 3.63) is 81.3 Å². The molecule has 3 aromatic rings. The average Bonchev–Trinajstić information content (AvgIpc) is 3.37. The summed E-state index contributed by atoms with van der Waals surface area (Å²) < 4.78 is 0. The van der Waals surface area contributed by atoms with Crippen molar-refractivity contribution in [2.75, 3.05) is 18.0 Å². The van der Waals surface area contributed by atoms with Gasteiger partial charge in [-0.25, -0.2) is 4.98 Å². The maximum absolute atomic E-state index is 12.8. The van der Waals surface area contributed by atoms with Crippen molar-refractivity contribution in [2.24, 2.45) is 0 Å². The van der Waals surface area contributed by atoms with Gasteiger partial charge in [-0.3, -0.25) is 4.79 Å². The summed E-state index contributed by atoms with van der Waals surface area (Å²) in [6, 6.07) is 18.6. The largest absolute Gasteiger partial charge is 0.371 e. The lowest BCUT2D eigenvalue weighted by molar-refractivity contribution is 0.0954. The lowest BCUT2D eigenvalue weighted by Crippen LogP contribution is -2.25. The minimum atomic E-state index is -0.0365. The van der Waals surface area contributed by atoms with Crippen molar-refractivity contribution in [2.45, 2.75) is 32.7 Å². The summed E-state index contributed by atoms with van der Waals surface area (Å²) in [4.78, 5) is 20.5. The Morgan fingerprint density at radius 2 is 1.79 bits per heavy atom. The van der Waals surface area contributed by atoms with Gasteiger partial charge in [0.15, 0.2) is 0 Å². The van der Waals surface area contributed by atoms with E-state index in [1.807, 2.05) is 31.2 Å². The van der Waals surface area contributed by atoms with E-state index in [2.05, 4.69) is 45.5 Å². The first-order valence-corrected chi connectivity index (χ1v) is 10.6. The summed E-state index contributed by atoms with van der Waals surface area (Å²) in [7, 11) is 0. The highest BCUT2D eigenvalue weighted by atomic mass is 32.1. The van der Waals surface area contributed by atoms with Crippen LogP contribution in [-0.4, -0.2) is 24.0 Å². The van der Waals surface area contributed by atoms with Gasteiger partial charge in [-0.1, -0.05) is 48.5 Å². The number of carbonyl (C=O) groups excluding carboxylic acids is 1. The molecule has 1 aromatic heterocycles. The lowest BCUT2D eigenvalue weighted by Gasteiger charge is -2.21. The van der Waals surface area contributed by atoms with Gasteiger partial charge in [0.1, 0.15) is 4.88 Å². The number of amides is 1. The highest BCUT2D eigenvalue weighted by Crippen LogP contribution is 2.25. The van der Waals surface area contributed by atoms with Gasteiger partial charge < -0.3 is 10.2 Å². The lowest BCUT2D eigenvalue weighted by atomic mass is 10.1. The summed E-state index contributed by atoms with van der Waals surface area (Å²) >= 11 is 1.49. The van der Waals surface area contributed by atoms with E-state index in [9.17, 15) is 4.79 Å². The third kappa shape index (κ3) is 4.25. The van der Waals surface area contributed by atoms with E-state index in [0.29, 0.717) is 11.4 Å². The van der Waals surface area contributed by atoms with Gasteiger partial charge in [-0.2, -0.15) is 0 Å². The number of aromatic nitrogens is 1. The molecule has 0 saturated carbocycles. The molecule has 1 aliphatic rings. The van der Waals surface area contributed by atoms with E-state index in [0.717, 1.165) is 30.2 Å². The third-order valence-electron chi connectivity index (χ3n) is 5.12. The Balaban J connectivity index is 1.43. The molecule has 144 valence electrons. The highest BCUT2D eigenvalue weighted by Gasteiger charge is 2.18. The van der Waals surface area contributed by atoms with Gasteiger partial charge >= 0.3 is 0 Å². The molecule has 0 aliphatic carbocycles. The van der Waals surface area contributed by atoms with Crippen LogP contribution in [0.1, 0.15) is 44.3 Å². The second kappa shape index (κ2) is 8.57. The molecular formula is C23H25N3OS. The quantitative estimate of drug-likeness (QED) is 0.669. The van der Waals surface area contributed by atoms with Gasteiger partial charge in [0.05, 0.1) is 10.7 Å². The molecule has 1 aliphatic heterocycles. The molecular weight excluding hydrogens is 366 g/mol. The molecule has 0 unspecified atom stereocenters. The van der Waals surface area contributed by atoms with Crippen LogP contribution in [0, 0.1) is 6.92 Å². The number of anilines is 1. The Labute approximate surface area is 170 Å². The first kappa shape index (κ1) is 18.7. The van der Waals surface area contributed by atoms with Crippen molar-refractivity contribution < 1.29 is 4.79 Å². The van der Waals surface area contributed by atoms with Crippen LogP contribution >= 0.6 is 11.3 Å². The molecule has 2 aromatic carbocycles. The van der Waals surface area contributed by atoms with Gasteiger partial charge in [-0.05, 0) is 37.0 Å². The van der Waals surface area contributed by atoms with E-state index in [1.165, 1.54) is 41.0 Å². The monoisotopic (exact) mass is 391 g/mol. The predicted molar refractivity (Wildman–Crippen MR) is 115 cm³/mol. The van der Waals surface area contributed by atoms with Crippen molar-refractivity contribution in [3.63, 3.8) is 0 Å². The van der Waals surface area contributed by atoms with Crippen LogP contribution in [0.3, 0.4) is 0 Å². The van der Waals surface area contributed by atoms with Crippen LogP contribution in [0.2, 0.25) is 0 Å². The number of hydrogen-bond donors (Lipinski definition) is 1. The van der Waals surface area contributed by atoms with E-state index in [1.54, 1.807) is 0 Å². The summed E-state index contributed by atoms with van der Waals surface area (Å²) in [5, 5.41) is 4.08. The van der Waals surface area contributed by atoms with E-state index >= 15 is 0 Å². The van der Waals surface area contributed by atoms with Crippen LogP contribution < -0.4 is 10.2 Å². The van der Waals surface area contributed by atoms with Crippen LogP contribution in [0.15, 0.2) is 54.6 Å². The topological polar surface area (TPSA) is 45.2 Å². The Hall–Kier alpha value is -2.66. The maximum Gasteiger partial charge on any atom is 0.263 e. The molecule has 1 amide bonds. The number of hydrogen-bond acceptors (Lipinski definition) is 4. The molecule has 0 spiro atoms. The number of carbonyl (C=O) groups is 1. The van der Waals surface area contributed by atoms with Crippen LogP contribution in [0.25, 0.3) is 0 Å². The zero-order chi connectivity index (χ0) is 19.3.